The molecule has 1 radical (unpaired) electrons. The summed E-state index contributed by atoms with van der Waals surface area (Å²) < 4.78 is 2.45. The van der Waals surface area contributed by atoms with E-state index in [4.69, 9.17) is 0 Å². The van der Waals surface area contributed by atoms with Crippen LogP contribution in [0.1, 0.15) is 39.0 Å². The van der Waals surface area contributed by atoms with Crippen molar-refractivity contribution >= 4 is 19.9 Å². The van der Waals surface area contributed by atoms with Gasteiger partial charge in [0.2, 0.25) is 0 Å². The molecule has 1 heterocycles. The van der Waals surface area contributed by atoms with Gasteiger partial charge in [-0.15, -0.1) is 12.0 Å². The Kier molecular flexibility index (Phi) is 13.0. The Morgan fingerprint density at radius 3 is 2.20 bits per heavy atom. The number of fused-ring (bicyclic) bond motifs is 3. The van der Waals surface area contributed by atoms with Crippen LogP contribution in [-0.4, -0.2) is 19.1 Å². The number of rotatable bonds is 2. The summed E-state index contributed by atoms with van der Waals surface area (Å²) in [5.74, 6) is 0. The minimum absolute atomic E-state index is 0. The van der Waals surface area contributed by atoms with Crippen LogP contribution in [0, 0.1) is 6.42 Å². The predicted octanol–water partition coefficient (Wildman–Crippen LogP) is -0.621. The van der Waals surface area contributed by atoms with Crippen molar-refractivity contribution in [2.45, 2.75) is 65.7 Å². The van der Waals surface area contributed by atoms with Gasteiger partial charge in [0.1, 0.15) is 0 Å². The zero-order valence-electron chi connectivity index (χ0n) is 16.2. The van der Waals surface area contributed by atoms with Gasteiger partial charge in [-0.1, -0.05) is 66.6 Å². The standard InChI is InChI=1S/C13H14N.C6H15NSi.2ClH.Ti/c1-2-14-12-8-4-3-6-10(12)11-7-5-9-13(11)14;1-6(2,3)7-8(4)5;;;/h3-6,8H,2,7,9H2,1H3;1-5H3;2*1H;/q2*-1;;;+4/p-2. The second-order valence-corrected chi connectivity index (χ2v) is 9.23. The number of hydrogen-bond acceptors (Lipinski definition) is 0. The molecule has 0 atom stereocenters. The fourth-order valence-electron chi connectivity index (χ4n) is 3.27. The van der Waals surface area contributed by atoms with E-state index in [-0.39, 0.29) is 61.0 Å². The van der Waals surface area contributed by atoms with E-state index >= 15 is 0 Å². The maximum Gasteiger partial charge on any atom is 4.00 e. The molecule has 0 amide bonds. The van der Waals surface area contributed by atoms with Crippen molar-refractivity contribution in [2.24, 2.45) is 0 Å². The first-order valence-corrected chi connectivity index (χ1v) is 10.7. The van der Waals surface area contributed by atoms with Gasteiger partial charge in [0, 0.05) is 17.4 Å². The number of hydrogen-bond donors (Lipinski definition) is 0. The number of para-hydroxylation sites is 1. The molecular formula is C19H29Cl2N2SiTi. The molecule has 0 spiro atoms. The Morgan fingerprint density at radius 2 is 1.72 bits per heavy atom. The summed E-state index contributed by atoms with van der Waals surface area (Å²) in [5.41, 5.74) is 4.70. The summed E-state index contributed by atoms with van der Waals surface area (Å²) in [5, 5.41) is 1.46. The van der Waals surface area contributed by atoms with Crippen LogP contribution in [0.2, 0.25) is 13.1 Å². The molecule has 3 rings (SSSR count). The van der Waals surface area contributed by atoms with E-state index in [0.29, 0.717) is 0 Å². The fourth-order valence-corrected chi connectivity index (χ4v) is 4.62. The number of benzene rings is 1. The molecule has 0 N–H and O–H groups in total. The number of nitrogens with zero attached hydrogens (tertiary/aromatic N) is 2. The second kappa shape index (κ2) is 11.8. The third-order valence-electron chi connectivity index (χ3n) is 3.76. The Hall–Kier alpha value is 0.231. The van der Waals surface area contributed by atoms with Gasteiger partial charge >= 0.3 is 21.7 Å². The van der Waals surface area contributed by atoms with E-state index in [0.717, 1.165) is 19.4 Å². The van der Waals surface area contributed by atoms with Crippen LogP contribution in [-0.2, 0) is 41.1 Å². The second-order valence-electron chi connectivity index (χ2n) is 7.11. The van der Waals surface area contributed by atoms with Gasteiger partial charge in [-0.2, -0.15) is 6.42 Å². The Bertz CT molecular complexity index is 621. The van der Waals surface area contributed by atoms with Gasteiger partial charge in [-0.3, -0.25) is 0 Å². The average molecular weight is 432 g/mol. The minimum atomic E-state index is -0.367. The Balaban J connectivity index is 0. The molecule has 0 aliphatic heterocycles. The van der Waals surface area contributed by atoms with Gasteiger partial charge in [-0.05, 0) is 18.7 Å². The zero-order valence-corrected chi connectivity index (χ0v) is 20.2. The predicted molar refractivity (Wildman–Crippen MR) is 99.9 cm³/mol. The first-order valence-electron chi connectivity index (χ1n) is 8.27. The summed E-state index contributed by atoms with van der Waals surface area (Å²) in [7, 11) is -0.367. The molecule has 0 bridgehead atoms. The van der Waals surface area contributed by atoms with Crippen LogP contribution >= 0.6 is 0 Å². The number of halogens is 2. The maximum absolute atomic E-state index is 4.51. The molecule has 1 aromatic heterocycles. The molecule has 1 aliphatic carbocycles. The molecule has 0 unspecified atom stereocenters. The SMILES string of the molecule is CCn1c2c(c3ccccc31)C[CH-]C2.C[Si](C)[N-]C(C)(C)C.[Cl-].[Cl-].[Ti+4]. The van der Waals surface area contributed by atoms with Gasteiger partial charge in [-0.25, -0.2) is 0 Å². The molecule has 25 heavy (non-hydrogen) atoms. The molecular weight excluding hydrogens is 403 g/mol. The monoisotopic (exact) mass is 431 g/mol. The summed E-state index contributed by atoms with van der Waals surface area (Å²) in [6.07, 6.45) is 4.68. The molecule has 137 valence electrons. The normalized spacial score (nSPS) is 12.4. The van der Waals surface area contributed by atoms with Crippen molar-refractivity contribution in [1.82, 2.24) is 4.57 Å². The van der Waals surface area contributed by atoms with E-state index in [1.807, 2.05) is 0 Å². The summed E-state index contributed by atoms with van der Waals surface area (Å²) in [4.78, 5) is 4.51. The average Bonchev–Trinajstić information content (AvgIpc) is 2.96. The largest absolute Gasteiger partial charge is 4.00 e. The molecule has 2 nitrogen and oxygen atoms in total. The summed E-state index contributed by atoms with van der Waals surface area (Å²) in [6, 6.07) is 8.75. The van der Waals surface area contributed by atoms with E-state index in [1.54, 1.807) is 5.56 Å². The summed E-state index contributed by atoms with van der Waals surface area (Å²) >= 11 is 0. The molecule has 1 aliphatic rings. The maximum atomic E-state index is 4.51. The van der Waals surface area contributed by atoms with E-state index in [9.17, 15) is 0 Å². The van der Waals surface area contributed by atoms with Crippen molar-refractivity contribution < 1.29 is 46.5 Å². The van der Waals surface area contributed by atoms with Gasteiger partial charge in [0.15, 0.2) is 0 Å². The molecule has 2 aromatic rings. The quantitative estimate of drug-likeness (QED) is 0.445. The topological polar surface area (TPSA) is 19.0 Å². The van der Waals surface area contributed by atoms with Gasteiger partial charge in [0.25, 0.3) is 0 Å². The third kappa shape index (κ3) is 7.40. The number of aromatic nitrogens is 1. The fraction of sp³-hybridized carbons (Fsp3) is 0.526. The van der Waals surface area contributed by atoms with E-state index < -0.39 is 0 Å². The van der Waals surface area contributed by atoms with Crippen molar-refractivity contribution in [1.29, 1.82) is 0 Å². The first kappa shape index (κ1) is 27.5. The summed E-state index contributed by atoms with van der Waals surface area (Å²) in [6.45, 7) is 14.2. The van der Waals surface area contributed by atoms with Crippen molar-refractivity contribution in [3.63, 3.8) is 0 Å². The van der Waals surface area contributed by atoms with Crippen molar-refractivity contribution in [3.05, 3.63) is 46.9 Å². The van der Waals surface area contributed by atoms with Gasteiger partial charge in [0.05, 0.1) is 0 Å². The number of aryl methyl sites for hydroxylation is 1. The smallest absolute Gasteiger partial charge is 1.00 e. The van der Waals surface area contributed by atoms with Crippen molar-refractivity contribution in [2.75, 3.05) is 0 Å². The molecule has 0 fully saturated rings. The van der Waals surface area contributed by atoms with Crippen LogP contribution in [0.4, 0.5) is 0 Å². The van der Waals surface area contributed by atoms with Crippen LogP contribution in [0.25, 0.3) is 15.9 Å². The molecule has 0 saturated heterocycles. The molecule has 0 saturated carbocycles. The van der Waals surface area contributed by atoms with Crippen LogP contribution < -0.4 is 24.8 Å². The Morgan fingerprint density at radius 1 is 1.12 bits per heavy atom. The van der Waals surface area contributed by atoms with Crippen LogP contribution in [0.5, 0.6) is 0 Å². The van der Waals surface area contributed by atoms with Crippen molar-refractivity contribution in [3.8, 4) is 0 Å². The molecule has 6 heteroatoms. The Labute approximate surface area is 182 Å². The first-order chi connectivity index (χ1) is 10.3. The van der Waals surface area contributed by atoms with Crippen LogP contribution in [0.3, 0.4) is 0 Å². The zero-order chi connectivity index (χ0) is 16.3. The molecule has 1 aromatic carbocycles. The third-order valence-corrected chi connectivity index (χ3v) is 4.87. The minimum Gasteiger partial charge on any atom is -1.00 e. The van der Waals surface area contributed by atoms with E-state index in [2.05, 4.69) is 81.0 Å². The van der Waals surface area contributed by atoms with Crippen LogP contribution in [0.15, 0.2) is 24.3 Å². The van der Waals surface area contributed by atoms with Gasteiger partial charge < -0.3 is 40.8 Å². The van der Waals surface area contributed by atoms with E-state index in [1.165, 1.54) is 16.6 Å².